The topological polar surface area (TPSA) is 35.6 Å². The molecule has 4 rings (SSSR count). The third kappa shape index (κ3) is 6.56. The van der Waals surface area contributed by atoms with Crippen LogP contribution in [0.2, 0.25) is 0 Å². The molecule has 2 aliphatic rings. The molecule has 0 aromatic heterocycles. The van der Waals surface area contributed by atoms with E-state index in [2.05, 4.69) is 12.3 Å². The Morgan fingerprint density at radius 2 is 1.68 bits per heavy atom. The van der Waals surface area contributed by atoms with Crippen LogP contribution in [0.1, 0.15) is 63.9 Å². The lowest BCUT2D eigenvalue weighted by Gasteiger charge is -2.34. The van der Waals surface area contributed by atoms with Crippen LogP contribution >= 0.6 is 0 Å². The van der Waals surface area contributed by atoms with Gasteiger partial charge in [0.25, 0.3) is 0 Å². The van der Waals surface area contributed by atoms with E-state index in [1.54, 1.807) is 22.0 Å². The SMILES string of the molecule is CCCC1CCCC(CCc2ccc(NN3CCN(c4ccc(F)cc4)C(=O)C3)cc2F)CC1. The number of hydrogen-bond donors (Lipinski definition) is 1. The van der Waals surface area contributed by atoms with Gasteiger partial charge in [-0.3, -0.25) is 4.79 Å². The quantitative estimate of drug-likeness (QED) is 0.444. The highest BCUT2D eigenvalue weighted by Crippen LogP contribution is 2.32. The van der Waals surface area contributed by atoms with Crippen LogP contribution in [-0.4, -0.2) is 30.6 Å². The van der Waals surface area contributed by atoms with E-state index in [0.717, 1.165) is 24.3 Å². The smallest absolute Gasteiger partial charge is 0.243 e. The standard InChI is InChI=1S/C28H37F2N3O/c1-2-4-21-5-3-6-22(8-7-21)9-10-23-11-14-25(19-27(23)30)31-32-17-18-33(28(34)20-32)26-15-12-24(29)13-16-26/h11-16,19,21-22,31H,2-10,17-18,20H2,1H3. The molecule has 1 aliphatic heterocycles. The molecule has 1 heterocycles. The van der Waals surface area contributed by atoms with Crippen LogP contribution in [0.4, 0.5) is 20.2 Å². The Balaban J connectivity index is 1.26. The summed E-state index contributed by atoms with van der Waals surface area (Å²) in [4.78, 5) is 14.2. The van der Waals surface area contributed by atoms with Gasteiger partial charge in [-0.25, -0.2) is 13.8 Å². The molecule has 4 nitrogen and oxygen atoms in total. The number of nitrogens with zero attached hydrogens (tertiary/aromatic N) is 2. The van der Waals surface area contributed by atoms with Gasteiger partial charge in [0.1, 0.15) is 11.6 Å². The maximum Gasteiger partial charge on any atom is 0.243 e. The second-order valence-corrected chi connectivity index (χ2v) is 9.93. The summed E-state index contributed by atoms with van der Waals surface area (Å²) in [6.07, 6.45) is 11.0. The van der Waals surface area contributed by atoms with Crippen molar-refractivity contribution in [2.24, 2.45) is 11.8 Å². The molecule has 0 bridgehead atoms. The van der Waals surface area contributed by atoms with Crippen molar-refractivity contribution in [1.29, 1.82) is 0 Å². The van der Waals surface area contributed by atoms with Crippen molar-refractivity contribution in [3.05, 3.63) is 59.7 Å². The molecule has 184 valence electrons. The van der Waals surface area contributed by atoms with Gasteiger partial charge in [-0.1, -0.05) is 57.9 Å². The molecule has 6 heteroatoms. The van der Waals surface area contributed by atoms with Crippen molar-refractivity contribution < 1.29 is 13.6 Å². The minimum absolute atomic E-state index is 0.0768. The second-order valence-electron chi connectivity index (χ2n) is 9.93. The molecular formula is C28H37F2N3O. The van der Waals surface area contributed by atoms with E-state index >= 15 is 0 Å². The Morgan fingerprint density at radius 3 is 2.35 bits per heavy atom. The molecule has 1 aliphatic carbocycles. The Kier molecular flexibility index (Phi) is 8.54. The van der Waals surface area contributed by atoms with Crippen LogP contribution in [-0.2, 0) is 11.2 Å². The summed E-state index contributed by atoms with van der Waals surface area (Å²) in [6, 6.07) is 11.3. The van der Waals surface area contributed by atoms with Crippen molar-refractivity contribution in [2.45, 2.75) is 64.7 Å². The highest BCUT2D eigenvalue weighted by atomic mass is 19.1. The van der Waals surface area contributed by atoms with Crippen LogP contribution < -0.4 is 10.3 Å². The van der Waals surface area contributed by atoms with Gasteiger partial charge in [-0.15, -0.1) is 0 Å². The molecule has 0 radical (unpaired) electrons. The molecule has 34 heavy (non-hydrogen) atoms. The summed E-state index contributed by atoms with van der Waals surface area (Å²) < 4.78 is 28.0. The van der Waals surface area contributed by atoms with Crippen molar-refractivity contribution in [3.63, 3.8) is 0 Å². The zero-order valence-corrected chi connectivity index (χ0v) is 20.2. The third-order valence-corrected chi connectivity index (χ3v) is 7.43. The molecule has 2 atom stereocenters. The first-order valence-electron chi connectivity index (χ1n) is 12.9. The monoisotopic (exact) mass is 469 g/mol. The first-order valence-corrected chi connectivity index (χ1v) is 12.9. The maximum absolute atomic E-state index is 14.8. The number of hydrazine groups is 1. The van der Waals surface area contributed by atoms with E-state index in [-0.39, 0.29) is 24.1 Å². The summed E-state index contributed by atoms with van der Waals surface area (Å²) in [6.45, 7) is 3.52. The largest absolute Gasteiger partial charge is 0.318 e. The third-order valence-electron chi connectivity index (χ3n) is 7.43. The number of aryl methyl sites for hydroxylation is 1. The number of nitrogens with one attached hydrogen (secondary N) is 1. The van der Waals surface area contributed by atoms with Gasteiger partial charge in [-0.2, -0.15) is 0 Å². The molecular weight excluding hydrogens is 432 g/mol. The first-order chi connectivity index (χ1) is 16.5. The molecule has 1 saturated heterocycles. The van der Waals surface area contributed by atoms with Gasteiger partial charge in [0.15, 0.2) is 0 Å². The Morgan fingerprint density at radius 1 is 0.941 bits per heavy atom. The van der Waals surface area contributed by atoms with Gasteiger partial charge in [0.2, 0.25) is 5.91 Å². The summed E-state index contributed by atoms with van der Waals surface area (Å²) in [7, 11) is 0. The molecule has 2 aromatic rings. The van der Waals surface area contributed by atoms with E-state index in [1.807, 2.05) is 12.1 Å². The van der Waals surface area contributed by atoms with E-state index < -0.39 is 0 Å². The van der Waals surface area contributed by atoms with Crippen molar-refractivity contribution in [2.75, 3.05) is 30.0 Å². The fourth-order valence-electron chi connectivity index (χ4n) is 5.47. The lowest BCUT2D eigenvalue weighted by atomic mass is 9.91. The number of piperazine rings is 1. The van der Waals surface area contributed by atoms with Crippen LogP contribution in [0.25, 0.3) is 0 Å². The lowest BCUT2D eigenvalue weighted by Crippen LogP contribution is -2.52. The predicted molar refractivity (Wildman–Crippen MR) is 134 cm³/mol. The molecule has 1 saturated carbocycles. The number of anilines is 2. The molecule has 2 fully saturated rings. The average molecular weight is 470 g/mol. The number of hydrogen-bond acceptors (Lipinski definition) is 3. The summed E-state index contributed by atoms with van der Waals surface area (Å²) in [5.74, 6) is 1.02. The number of halogens is 2. The highest BCUT2D eigenvalue weighted by molar-refractivity contribution is 5.95. The number of carbonyl (C=O) groups excluding carboxylic acids is 1. The van der Waals surface area contributed by atoms with Crippen LogP contribution in [0, 0.1) is 23.5 Å². The number of benzene rings is 2. The Bertz CT molecular complexity index is 949. The molecule has 1 N–H and O–H groups in total. The zero-order chi connectivity index (χ0) is 23.9. The van der Waals surface area contributed by atoms with Gasteiger partial charge < -0.3 is 10.3 Å². The van der Waals surface area contributed by atoms with Gasteiger partial charge in [0.05, 0.1) is 12.2 Å². The summed E-state index contributed by atoms with van der Waals surface area (Å²) >= 11 is 0. The van der Waals surface area contributed by atoms with Crippen LogP contribution in [0.5, 0.6) is 0 Å². The van der Waals surface area contributed by atoms with Gasteiger partial charge in [-0.05, 0) is 66.6 Å². The Hall–Kier alpha value is -2.47. The first kappa shape index (κ1) is 24.6. The van der Waals surface area contributed by atoms with E-state index in [1.165, 1.54) is 63.1 Å². The predicted octanol–water partition coefficient (Wildman–Crippen LogP) is 6.57. The number of rotatable bonds is 8. The highest BCUT2D eigenvalue weighted by Gasteiger charge is 2.25. The van der Waals surface area contributed by atoms with Crippen LogP contribution in [0.3, 0.4) is 0 Å². The lowest BCUT2D eigenvalue weighted by molar-refractivity contribution is -0.120. The minimum Gasteiger partial charge on any atom is -0.318 e. The second kappa shape index (κ2) is 11.8. The number of amides is 1. The zero-order valence-electron chi connectivity index (χ0n) is 20.2. The fourth-order valence-corrected chi connectivity index (χ4v) is 5.47. The van der Waals surface area contributed by atoms with E-state index in [9.17, 15) is 13.6 Å². The molecule has 2 aromatic carbocycles. The Labute approximate surface area is 202 Å². The molecule has 0 spiro atoms. The van der Waals surface area contributed by atoms with Crippen LogP contribution in [0.15, 0.2) is 42.5 Å². The van der Waals surface area contributed by atoms with Crippen molar-refractivity contribution in [1.82, 2.24) is 5.01 Å². The van der Waals surface area contributed by atoms with E-state index in [4.69, 9.17) is 0 Å². The van der Waals surface area contributed by atoms with Gasteiger partial charge in [0, 0.05) is 18.8 Å². The van der Waals surface area contributed by atoms with Gasteiger partial charge >= 0.3 is 0 Å². The van der Waals surface area contributed by atoms with Crippen molar-refractivity contribution in [3.8, 4) is 0 Å². The van der Waals surface area contributed by atoms with Crippen molar-refractivity contribution >= 4 is 17.3 Å². The number of carbonyl (C=O) groups is 1. The summed E-state index contributed by atoms with van der Waals surface area (Å²) in [5, 5.41) is 1.80. The molecule has 1 amide bonds. The van der Waals surface area contributed by atoms with E-state index in [0.29, 0.717) is 30.4 Å². The minimum atomic E-state index is -0.322. The fraction of sp³-hybridized carbons (Fsp3) is 0.536. The average Bonchev–Trinajstić information content (AvgIpc) is 3.05. The summed E-state index contributed by atoms with van der Waals surface area (Å²) in [5.41, 5.74) is 5.30. The molecule has 2 unspecified atom stereocenters. The maximum atomic E-state index is 14.8. The normalized spacial score (nSPS) is 22.0.